The fourth-order valence-corrected chi connectivity index (χ4v) is 10.2. The number of aromatic nitrogens is 2. The standard InChI is InChI=1S/C60H49N4O5/c1-2-66-60(65)46-30-16-15-29-45(46)55-47-33-43-27-17-31-63(37-49-56(39-19-7-3-8-20-39)68-58(61-49)41-23-11-5-12-24-41)51(43)35-53(47)67-54-36-52-44(34-48(54)55)28-18-32-64(52)38-50-57(40-21-9-4-10-22-40)69-59(62-50)42-25-13-6-14-26-42/h3-16,19-26,29-30,33-36H,2,17-18,27-28,31-32,37-38H2,1H3/q+1. The molecule has 0 fully saturated rings. The number of carbonyl (C=O) groups is 1. The number of carbonyl (C=O) groups excluding carboxylic acids is 1. The summed E-state index contributed by atoms with van der Waals surface area (Å²) >= 11 is 0. The average molecular weight is 906 g/mol. The molecule has 0 bridgehead atoms. The molecule has 69 heavy (non-hydrogen) atoms. The van der Waals surface area contributed by atoms with Crippen molar-refractivity contribution >= 4 is 17.2 Å². The number of rotatable bonds is 11. The molecule has 5 heterocycles. The van der Waals surface area contributed by atoms with E-state index in [1.807, 2.05) is 128 Å². The lowest BCUT2D eigenvalue weighted by Crippen LogP contribution is -2.39. The Morgan fingerprint density at radius 1 is 0.623 bits per heavy atom. The van der Waals surface area contributed by atoms with Crippen LogP contribution < -0.4 is 24.8 Å². The molecule has 9 nitrogen and oxygen atoms in total. The molecule has 3 aliphatic heterocycles. The molecule has 0 atom stereocenters. The Hall–Kier alpha value is -8.30. The predicted molar refractivity (Wildman–Crippen MR) is 268 cm³/mol. The summed E-state index contributed by atoms with van der Waals surface area (Å²) in [6.45, 7) is 4.90. The van der Waals surface area contributed by atoms with E-state index >= 15 is 0 Å². The number of hydrogen-bond donors (Lipinski definition) is 0. The lowest BCUT2D eigenvalue weighted by Gasteiger charge is -2.33. The summed E-state index contributed by atoms with van der Waals surface area (Å²) in [5, 5.41) is 2.05. The van der Waals surface area contributed by atoms with Crippen LogP contribution in [0.3, 0.4) is 0 Å². The molecular formula is C60H49N4O5+. The molecule has 7 aromatic carbocycles. The number of benzene rings is 7. The molecule has 0 saturated heterocycles. The summed E-state index contributed by atoms with van der Waals surface area (Å²) in [7, 11) is 0. The SMILES string of the molecule is CCOC(=O)c1ccccc1C1=c2cc3c(cc2Oc2cc4c(cc21)CCCN4Cc1nc(-c2ccccc2)oc1-c1ccccc1)=[N+](Cc1nc(-c2ccccc2)oc1-c1ccccc1)CCC3. The van der Waals surface area contributed by atoms with Crippen molar-refractivity contribution in [1.29, 1.82) is 0 Å². The molecule has 0 saturated carbocycles. The number of ether oxygens (including phenoxy) is 2. The van der Waals surface area contributed by atoms with Crippen LogP contribution in [0, 0.1) is 0 Å². The highest BCUT2D eigenvalue weighted by molar-refractivity contribution is 5.99. The first-order valence-electron chi connectivity index (χ1n) is 23.9. The molecule has 0 spiro atoms. The van der Waals surface area contributed by atoms with Crippen LogP contribution in [0.25, 0.3) is 51.1 Å². The van der Waals surface area contributed by atoms with Gasteiger partial charge in [0.15, 0.2) is 23.8 Å². The quantitative estimate of drug-likeness (QED) is 0.0936. The van der Waals surface area contributed by atoms with Crippen LogP contribution in [0.5, 0.6) is 11.5 Å². The van der Waals surface area contributed by atoms with E-state index in [1.54, 1.807) is 0 Å². The third-order valence-corrected chi connectivity index (χ3v) is 13.4. The van der Waals surface area contributed by atoms with E-state index in [0.717, 1.165) is 128 Å². The zero-order valence-corrected chi connectivity index (χ0v) is 38.4. The van der Waals surface area contributed by atoms with Gasteiger partial charge in [-0.25, -0.2) is 19.3 Å². The van der Waals surface area contributed by atoms with Crippen molar-refractivity contribution in [2.24, 2.45) is 0 Å². The van der Waals surface area contributed by atoms with Crippen LogP contribution in [0.1, 0.15) is 63.8 Å². The van der Waals surface area contributed by atoms with E-state index in [-0.39, 0.29) is 12.6 Å². The average Bonchev–Trinajstić information content (AvgIpc) is 4.03. The predicted octanol–water partition coefficient (Wildman–Crippen LogP) is 11.5. The third-order valence-electron chi connectivity index (χ3n) is 13.4. The van der Waals surface area contributed by atoms with E-state index in [4.69, 9.17) is 28.3 Å². The number of anilines is 1. The van der Waals surface area contributed by atoms with Gasteiger partial charge in [0, 0.05) is 68.9 Å². The summed E-state index contributed by atoms with van der Waals surface area (Å²) in [5.74, 6) is 3.84. The number of hydrogen-bond acceptors (Lipinski definition) is 8. The fourth-order valence-electron chi connectivity index (χ4n) is 10.2. The van der Waals surface area contributed by atoms with Crippen molar-refractivity contribution in [2.75, 3.05) is 24.6 Å². The maximum absolute atomic E-state index is 13.8. The van der Waals surface area contributed by atoms with E-state index in [0.29, 0.717) is 30.4 Å². The first-order chi connectivity index (χ1) is 34.1. The van der Waals surface area contributed by atoms with E-state index in [1.165, 1.54) is 11.1 Å². The van der Waals surface area contributed by atoms with Gasteiger partial charge in [-0.3, -0.25) is 0 Å². The number of nitrogens with zero attached hydrogens (tertiary/aromatic N) is 4. The molecule has 0 aliphatic carbocycles. The molecule has 9 heteroatoms. The van der Waals surface area contributed by atoms with Crippen LogP contribution in [0.2, 0.25) is 0 Å². The Labute approximate surface area is 400 Å². The summed E-state index contributed by atoms with van der Waals surface area (Å²) in [6.07, 6.45) is 3.73. The summed E-state index contributed by atoms with van der Waals surface area (Å²) in [4.78, 5) is 26.5. The Morgan fingerprint density at radius 3 is 1.88 bits per heavy atom. The van der Waals surface area contributed by atoms with E-state index < -0.39 is 0 Å². The van der Waals surface area contributed by atoms with Crippen LogP contribution in [0.4, 0.5) is 5.69 Å². The minimum Gasteiger partial charge on any atom is -0.462 e. The highest BCUT2D eigenvalue weighted by atomic mass is 16.5. The van der Waals surface area contributed by atoms with Crippen molar-refractivity contribution in [3.05, 3.63) is 220 Å². The molecule has 2 aromatic heterocycles. The minimum atomic E-state index is -0.350. The Kier molecular flexibility index (Phi) is 11.0. The monoisotopic (exact) mass is 905 g/mol. The second-order valence-corrected chi connectivity index (χ2v) is 17.8. The zero-order chi connectivity index (χ0) is 46.3. The maximum Gasteiger partial charge on any atom is 0.338 e. The van der Waals surface area contributed by atoms with Crippen LogP contribution >= 0.6 is 0 Å². The highest BCUT2D eigenvalue weighted by Crippen LogP contribution is 2.44. The lowest BCUT2D eigenvalue weighted by atomic mass is 9.86. The van der Waals surface area contributed by atoms with E-state index in [2.05, 4.69) is 58.0 Å². The summed E-state index contributed by atoms with van der Waals surface area (Å²) in [6, 6.07) is 57.4. The van der Waals surface area contributed by atoms with Crippen LogP contribution in [-0.4, -0.2) is 35.6 Å². The first kappa shape index (κ1) is 42.1. The van der Waals surface area contributed by atoms with Gasteiger partial charge in [0.05, 0.1) is 24.8 Å². The first-order valence-corrected chi connectivity index (χ1v) is 23.9. The normalized spacial score (nSPS) is 13.8. The van der Waals surface area contributed by atoms with Gasteiger partial charge in [0.25, 0.3) is 0 Å². The van der Waals surface area contributed by atoms with Gasteiger partial charge < -0.3 is 23.2 Å². The molecule has 0 radical (unpaired) electrons. The minimum absolute atomic E-state index is 0.278. The topological polar surface area (TPSA) is 93.8 Å². The molecule has 12 rings (SSSR count). The Balaban J connectivity index is 1.00. The van der Waals surface area contributed by atoms with Crippen molar-refractivity contribution in [3.8, 4) is 57.1 Å². The van der Waals surface area contributed by atoms with Gasteiger partial charge >= 0.3 is 5.97 Å². The Morgan fingerprint density at radius 2 is 1.22 bits per heavy atom. The van der Waals surface area contributed by atoms with Gasteiger partial charge in [-0.1, -0.05) is 115 Å². The number of esters is 1. The van der Waals surface area contributed by atoms with Gasteiger partial charge in [-0.15, -0.1) is 0 Å². The summed E-state index contributed by atoms with van der Waals surface area (Å²) in [5.41, 5.74) is 12.4. The van der Waals surface area contributed by atoms with E-state index in [9.17, 15) is 4.79 Å². The highest BCUT2D eigenvalue weighted by Gasteiger charge is 2.32. The molecule has 9 aromatic rings. The smallest absolute Gasteiger partial charge is 0.338 e. The number of fused-ring (bicyclic) bond motifs is 4. The van der Waals surface area contributed by atoms with Gasteiger partial charge in [-0.2, -0.15) is 0 Å². The molecule has 0 N–H and O–H groups in total. The molecule has 338 valence electrons. The largest absolute Gasteiger partial charge is 0.462 e. The van der Waals surface area contributed by atoms with Gasteiger partial charge in [0.1, 0.15) is 23.7 Å². The second kappa shape index (κ2) is 18.1. The van der Waals surface area contributed by atoms with Gasteiger partial charge in [0.2, 0.25) is 17.1 Å². The molecular weight excluding hydrogens is 857 g/mol. The van der Waals surface area contributed by atoms with Crippen LogP contribution in [0.15, 0.2) is 179 Å². The van der Waals surface area contributed by atoms with Crippen molar-refractivity contribution in [2.45, 2.75) is 45.7 Å². The molecule has 0 amide bonds. The Bertz CT molecular complexity index is 3510. The second-order valence-electron chi connectivity index (χ2n) is 17.8. The van der Waals surface area contributed by atoms with Gasteiger partial charge in [-0.05, 0) is 79.8 Å². The lowest BCUT2D eigenvalue weighted by molar-refractivity contribution is 0.0526. The zero-order valence-electron chi connectivity index (χ0n) is 38.4. The molecule has 3 aliphatic rings. The third kappa shape index (κ3) is 7.99. The number of aryl methyl sites for hydroxylation is 2. The van der Waals surface area contributed by atoms with Crippen molar-refractivity contribution in [1.82, 2.24) is 14.5 Å². The maximum atomic E-state index is 13.8. The van der Waals surface area contributed by atoms with Crippen molar-refractivity contribution in [3.63, 3.8) is 0 Å². The van der Waals surface area contributed by atoms with Crippen molar-refractivity contribution < 1.29 is 23.1 Å². The fraction of sp³-hybridized carbons (Fsp3) is 0.167. The summed E-state index contributed by atoms with van der Waals surface area (Å²) < 4.78 is 28.4. The van der Waals surface area contributed by atoms with Crippen LogP contribution in [-0.2, 0) is 30.7 Å². The molecule has 0 unspecified atom stereocenters. The number of oxazole rings is 2.